The maximum absolute atomic E-state index is 5.81. The molecule has 1 fully saturated rings. The van der Waals surface area contributed by atoms with E-state index in [9.17, 15) is 0 Å². The SMILES string of the molecule is CCSCC1(N)CC1. The molecular weight excluding hydrogens is 118 g/mol. The molecule has 0 heterocycles. The lowest BCUT2D eigenvalue weighted by Crippen LogP contribution is -2.24. The zero-order valence-corrected chi connectivity index (χ0v) is 6.13. The fourth-order valence-corrected chi connectivity index (χ4v) is 1.51. The summed E-state index contributed by atoms with van der Waals surface area (Å²) in [7, 11) is 0. The molecule has 0 aliphatic heterocycles. The fraction of sp³-hybridized carbons (Fsp3) is 1.00. The molecule has 0 spiro atoms. The Morgan fingerprint density at radius 1 is 1.62 bits per heavy atom. The first-order chi connectivity index (χ1) is 3.77. The van der Waals surface area contributed by atoms with E-state index < -0.39 is 0 Å². The highest BCUT2D eigenvalue weighted by Gasteiger charge is 2.37. The standard InChI is InChI=1S/C6H13NS/c1-2-8-5-6(7)3-4-6/h2-5,7H2,1H3. The second kappa shape index (κ2) is 2.28. The van der Waals surface area contributed by atoms with E-state index >= 15 is 0 Å². The molecule has 1 nitrogen and oxygen atoms in total. The van der Waals surface area contributed by atoms with Crippen molar-refractivity contribution in [1.82, 2.24) is 0 Å². The molecule has 0 aromatic heterocycles. The van der Waals surface area contributed by atoms with Crippen molar-refractivity contribution in [3.63, 3.8) is 0 Å². The highest BCUT2D eigenvalue weighted by atomic mass is 32.2. The summed E-state index contributed by atoms with van der Waals surface area (Å²) in [5, 5.41) is 0. The van der Waals surface area contributed by atoms with E-state index in [1.807, 2.05) is 11.8 Å². The van der Waals surface area contributed by atoms with Crippen LogP contribution in [0.1, 0.15) is 19.8 Å². The van der Waals surface area contributed by atoms with Gasteiger partial charge in [-0.05, 0) is 18.6 Å². The molecular formula is C6H13NS. The second-order valence-corrected chi connectivity index (χ2v) is 3.77. The summed E-state index contributed by atoms with van der Waals surface area (Å²) in [6.45, 7) is 2.18. The van der Waals surface area contributed by atoms with E-state index in [1.165, 1.54) is 24.3 Å². The summed E-state index contributed by atoms with van der Waals surface area (Å²) in [5.41, 5.74) is 6.08. The van der Waals surface area contributed by atoms with Crippen molar-refractivity contribution in [2.45, 2.75) is 25.3 Å². The third-order valence-electron chi connectivity index (χ3n) is 1.49. The van der Waals surface area contributed by atoms with Gasteiger partial charge in [0.1, 0.15) is 0 Å². The van der Waals surface area contributed by atoms with Crippen molar-refractivity contribution in [3.8, 4) is 0 Å². The van der Waals surface area contributed by atoms with E-state index in [2.05, 4.69) is 6.92 Å². The molecule has 0 aromatic carbocycles. The van der Waals surface area contributed by atoms with Gasteiger partial charge in [0.2, 0.25) is 0 Å². The van der Waals surface area contributed by atoms with Gasteiger partial charge >= 0.3 is 0 Å². The van der Waals surface area contributed by atoms with E-state index in [4.69, 9.17) is 5.73 Å². The normalized spacial score (nSPS) is 23.2. The molecule has 0 amide bonds. The van der Waals surface area contributed by atoms with Gasteiger partial charge in [-0.2, -0.15) is 11.8 Å². The van der Waals surface area contributed by atoms with Crippen LogP contribution in [-0.2, 0) is 0 Å². The summed E-state index contributed by atoms with van der Waals surface area (Å²) in [6.07, 6.45) is 2.50. The van der Waals surface area contributed by atoms with Crippen molar-refractivity contribution in [3.05, 3.63) is 0 Å². The summed E-state index contributed by atoms with van der Waals surface area (Å²) in [4.78, 5) is 0. The number of hydrogen-bond donors (Lipinski definition) is 1. The lowest BCUT2D eigenvalue weighted by molar-refractivity contribution is 0.776. The average molecular weight is 131 g/mol. The predicted molar refractivity (Wildman–Crippen MR) is 39.2 cm³/mol. The fourth-order valence-electron chi connectivity index (χ4n) is 0.610. The highest BCUT2D eigenvalue weighted by molar-refractivity contribution is 7.99. The Morgan fingerprint density at radius 2 is 2.25 bits per heavy atom. The third-order valence-corrected chi connectivity index (χ3v) is 2.67. The number of thioether (sulfide) groups is 1. The van der Waals surface area contributed by atoms with Crippen molar-refractivity contribution in [2.24, 2.45) is 5.73 Å². The lowest BCUT2D eigenvalue weighted by Gasteiger charge is -2.04. The zero-order valence-electron chi connectivity index (χ0n) is 5.31. The predicted octanol–water partition coefficient (Wildman–Crippen LogP) is 1.23. The Balaban J connectivity index is 2.01. The van der Waals surface area contributed by atoms with Crippen molar-refractivity contribution < 1.29 is 0 Å². The van der Waals surface area contributed by atoms with Crippen LogP contribution in [0.4, 0.5) is 0 Å². The van der Waals surface area contributed by atoms with Crippen molar-refractivity contribution in [1.29, 1.82) is 0 Å². The Labute approximate surface area is 55.0 Å². The largest absolute Gasteiger partial charge is 0.324 e. The molecule has 0 saturated heterocycles. The molecule has 0 aromatic rings. The summed E-state index contributed by atoms with van der Waals surface area (Å²) in [6, 6.07) is 0. The van der Waals surface area contributed by atoms with Crippen molar-refractivity contribution >= 4 is 11.8 Å². The van der Waals surface area contributed by atoms with E-state index in [0.717, 1.165) is 0 Å². The molecule has 1 aliphatic carbocycles. The van der Waals surface area contributed by atoms with Crippen LogP contribution in [0.2, 0.25) is 0 Å². The Hall–Kier alpha value is 0.310. The van der Waals surface area contributed by atoms with Crippen LogP contribution in [0.15, 0.2) is 0 Å². The van der Waals surface area contributed by atoms with Gasteiger partial charge in [-0.15, -0.1) is 0 Å². The van der Waals surface area contributed by atoms with E-state index in [1.54, 1.807) is 0 Å². The first kappa shape index (κ1) is 6.43. The molecule has 48 valence electrons. The van der Waals surface area contributed by atoms with Crippen LogP contribution in [-0.4, -0.2) is 17.0 Å². The smallest absolute Gasteiger partial charge is 0.0247 e. The first-order valence-electron chi connectivity index (χ1n) is 3.13. The number of nitrogens with two attached hydrogens (primary N) is 1. The van der Waals surface area contributed by atoms with Crippen LogP contribution in [0.5, 0.6) is 0 Å². The quantitative estimate of drug-likeness (QED) is 0.623. The molecule has 0 bridgehead atoms. The Morgan fingerprint density at radius 3 is 2.62 bits per heavy atom. The minimum absolute atomic E-state index is 0.265. The summed E-state index contributed by atoms with van der Waals surface area (Å²) in [5.74, 6) is 2.38. The van der Waals surface area contributed by atoms with Gasteiger partial charge in [0.25, 0.3) is 0 Å². The minimum atomic E-state index is 0.265. The number of hydrogen-bond acceptors (Lipinski definition) is 2. The van der Waals surface area contributed by atoms with Gasteiger partial charge in [0, 0.05) is 11.3 Å². The van der Waals surface area contributed by atoms with Crippen LogP contribution in [0.3, 0.4) is 0 Å². The molecule has 1 aliphatic rings. The van der Waals surface area contributed by atoms with Crippen LogP contribution in [0.25, 0.3) is 0 Å². The first-order valence-corrected chi connectivity index (χ1v) is 4.29. The maximum atomic E-state index is 5.81. The lowest BCUT2D eigenvalue weighted by atomic mass is 10.4. The van der Waals surface area contributed by atoms with E-state index in [-0.39, 0.29) is 5.54 Å². The third kappa shape index (κ3) is 1.67. The Bertz CT molecular complexity index is 78.6. The molecule has 2 N–H and O–H groups in total. The molecule has 1 rings (SSSR count). The van der Waals surface area contributed by atoms with Gasteiger partial charge in [0.05, 0.1) is 0 Å². The monoisotopic (exact) mass is 131 g/mol. The van der Waals surface area contributed by atoms with E-state index in [0.29, 0.717) is 0 Å². The van der Waals surface area contributed by atoms with Gasteiger partial charge in [-0.3, -0.25) is 0 Å². The molecule has 8 heavy (non-hydrogen) atoms. The Kier molecular flexibility index (Phi) is 1.83. The maximum Gasteiger partial charge on any atom is 0.0247 e. The molecule has 0 radical (unpaired) electrons. The van der Waals surface area contributed by atoms with Gasteiger partial charge in [-0.1, -0.05) is 6.92 Å². The highest BCUT2D eigenvalue weighted by Crippen LogP contribution is 2.34. The van der Waals surface area contributed by atoms with Crippen molar-refractivity contribution in [2.75, 3.05) is 11.5 Å². The van der Waals surface area contributed by atoms with Crippen LogP contribution < -0.4 is 5.73 Å². The molecule has 1 saturated carbocycles. The zero-order chi connectivity index (χ0) is 6.04. The molecule has 0 atom stereocenters. The van der Waals surface area contributed by atoms with Gasteiger partial charge < -0.3 is 5.73 Å². The molecule has 2 heteroatoms. The van der Waals surface area contributed by atoms with Crippen LogP contribution >= 0.6 is 11.8 Å². The van der Waals surface area contributed by atoms with Gasteiger partial charge in [0.15, 0.2) is 0 Å². The average Bonchev–Trinajstić information content (AvgIpc) is 2.45. The second-order valence-electron chi connectivity index (χ2n) is 2.50. The summed E-state index contributed by atoms with van der Waals surface area (Å²) >= 11 is 1.95. The van der Waals surface area contributed by atoms with Gasteiger partial charge in [-0.25, -0.2) is 0 Å². The summed E-state index contributed by atoms with van der Waals surface area (Å²) < 4.78 is 0. The van der Waals surface area contributed by atoms with Crippen LogP contribution in [0, 0.1) is 0 Å². The topological polar surface area (TPSA) is 26.0 Å². The molecule has 0 unspecified atom stereocenters. The minimum Gasteiger partial charge on any atom is -0.324 e. The number of rotatable bonds is 3.